The van der Waals surface area contributed by atoms with E-state index >= 15 is 0 Å². The second-order valence-corrected chi connectivity index (χ2v) is 21.0. The summed E-state index contributed by atoms with van der Waals surface area (Å²) in [7, 11) is -0.734. The Balaban J connectivity index is 1.10. The first-order valence-corrected chi connectivity index (χ1v) is 24.3. The molecule has 3 fully saturated rings. The summed E-state index contributed by atoms with van der Waals surface area (Å²) >= 11 is 6.52. The van der Waals surface area contributed by atoms with Gasteiger partial charge in [-0.1, -0.05) is 36.7 Å². The highest BCUT2D eigenvalue weighted by Gasteiger charge is 2.49. The molecule has 0 radical (unpaired) electrons. The number of allylic oxidation sites excluding steroid dienone is 1. The van der Waals surface area contributed by atoms with Crippen LogP contribution < -0.4 is 19.1 Å². The lowest BCUT2D eigenvalue weighted by Crippen LogP contribution is -2.60. The SMILES string of the molecule is COc1nn(C)cc1C(=O)NS1(=O)=NC(=O)c2ccc3c(c2)N(C[C@@H]2CC[C@H]2[C@@](O)(CC(=O)N2CCN4CCOCC4C2)/C=C\C[C@H](C)C1)C[C@@]1(CCCc2cc(Cl)ccc21)CO3. The standard InChI is InChI=1S/C46H58ClN7O8S/c1-30-6-4-15-46(58,22-41(55)53-17-16-52-18-19-61-26-35(52)24-53)38-11-8-33(38)23-54-28-45(14-5-7-31-20-34(47)10-12-37(31)45)29-62-40-13-9-32(21-39(40)54)42(56)49-63(59,27-30)50-43(57)36-25-51(2)48-44(36)60-3/h4,9-10,12-13,15,20-21,25,30,33,35,38,58H,5-8,11,14,16-19,22-24,26-29H2,1-3H3,(H,49,50,56,57,59)/b15-4-/t30-,33-,35?,38+,45-,46-,63?/m0/s1. The number of ether oxygens (including phenoxy) is 3. The Morgan fingerprint density at radius 1 is 1.13 bits per heavy atom. The fourth-order valence-corrected chi connectivity index (χ4v) is 12.9. The Morgan fingerprint density at radius 2 is 1.98 bits per heavy atom. The van der Waals surface area contributed by atoms with Crippen LogP contribution in [0.25, 0.3) is 0 Å². The summed E-state index contributed by atoms with van der Waals surface area (Å²) < 4.78 is 41.0. The number of methoxy groups -OCH3 is 1. The Hall–Kier alpha value is -4.48. The Kier molecular flexibility index (Phi) is 12.1. The number of rotatable bonds is 5. The van der Waals surface area contributed by atoms with Crippen molar-refractivity contribution in [2.24, 2.45) is 29.2 Å². The summed E-state index contributed by atoms with van der Waals surface area (Å²) in [6, 6.07) is 11.4. The number of morpholine rings is 1. The van der Waals surface area contributed by atoms with Crippen LogP contribution in [-0.2, 0) is 38.3 Å². The Morgan fingerprint density at radius 3 is 2.79 bits per heavy atom. The maximum Gasteiger partial charge on any atom is 0.286 e. The van der Waals surface area contributed by atoms with Crippen molar-refractivity contribution in [1.82, 2.24) is 24.3 Å². The van der Waals surface area contributed by atoms with Crippen molar-refractivity contribution in [2.75, 3.05) is 76.9 Å². The molecule has 15 nitrogen and oxygen atoms in total. The predicted octanol–water partition coefficient (Wildman–Crippen LogP) is 4.79. The first-order chi connectivity index (χ1) is 30.2. The van der Waals surface area contributed by atoms with Crippen molar-refractivity contribution >= 4 is 44.9 Å². The second kappa shape index (κ2) is 17.5. The molecule has 338 valence electrons. The molecule has 2 unspecified atom stereocenters. The number of benzene rings is 2. The molecule has 9 rings (SSSR count). The van der Waals surface area contributed by atoms with Crippen molar-refractivity contribution in [1.29, 1.82) is 0 Å². The van der Waals surface area contributed by atoms with E-state index in [1.54, 1.807) is 31.3 Å². The predicted molar refractivity (Wildman–Crippen MR) is 239 cm³/mol. The van der Waals surface area contributed by atoms with Gasteiger partial charge in [0, 0.05) is 68.5 Å². The van der Waals surface area contributed by atoms with Gasteiger partial charge in [-0.2, -0.15) is 0 Å². The number of amides is 3. The van der Waals surface area contributed by atoms with E-state index in [9.17, 15) is 23.7 Å². The molecule has 2 aromatic carbocycles. The van der Waals surface area contributed by atoms with E-state index in [1.165, 1.54) is 29.1 Å². The number of nitrogens with one attached hydrogen (secondary N) is 1. The monoisotopic (exact) mass is 903 g/mol. The third-order valence-electron chi connectivity index (χ3n) is 14.2. The minimum absolute atomic E-state index is 0.0140. The number of piperazine rings is 1. The zero-order valence-electron chi connectivity index (χ0n) is 36.3. The Bertz CT molecular complexity index is 2440. The van der Waals surface area contributed by atoms with Crippen LogP contribution in [0, 0.1) is 17.8 Å². The average Bonchev–Trinajstić information content (AvgIpc) is 3.56. The molecule has 17 heteroatoms. The van der Waals surface area contributed by atoms with Gasteiger partial charge in [-0.05, 0) is 97.7 Å². The van der Waals surface area contributed by atoms with E-state index in [4.69, 9.17) is 25.8 Å². The highest BCUT2D eigenvalue weighted by Crippen LogP contribution is 2.49. The van der Waals surface area contributed by atoms with Gasteiger partial charge in [0.25, 0.3) is 11.8 Å². The van der Waals surface area contributed by atoms with Crippen molar-refractivity contribution in [3.05, 3.63) is 82.0 Å². The molecule has 5 heterocycles. The maximum atomic E-state index is 14.9. The fourth-order valence-electron chi connectivity index (χ4n) is 10.8. The van der Waals surface area contributed by atoms with Gasteiger partial charge in [-0.3, -0.25) is 28.7 Å². The number of carbonyl (C=O) groups excluding carboxylic acids is 3. The van der Waals surface area contributed by atoms with E-state index in [1.807, 2.05) is 24.0 Å². The van der Waals surface area contributed by atoms with Crippen LogP contribution in [0.2, 0.25) is 5.02 Å². The molecule has 1 aromatic heterocycles. The largest absolute Gasteiger partial charge is 0.490 e. The molecule has 1 saturated carbocycles. The van der Waals surface area contributed by atoms with Crippen LogP contribution in [0.4, 0.5) is 5.69 Å². The maximum absolute atomic E-state index is 14.9. The van der Waals surface area contributed by atoms with Gasteiger partial charge in [0.15, 0.2) is 0 Å². The highest BCUT2D eigenvalue weighted by atomic mass is 35.5. The Labute approximate surface area is 374 Å². The third kappa shape index (κ3) is 8.85. The lowest BCUT2D eigenvalue weighted by atomic mass is 9.63. The molecule has 2 bridgehead atoms. The lowest BCUT2D eigenvalue weighted by molar-refractivity contribution is -0.145. The number of aryl methyl sites for hydroxylation is 2. The first-order valence-electron chi connectivity index (χ1n) is 22.2. The van der Waals surface area contributed by atoms with Crippen molar-refractivity contribution in [3.8, 4) is 11.6 Å². The molecule has 3 aromatic rings. The summed E-state index contributed by atoms with van der Waals surface area (Å²) in [5.41, 5.74) is 1.46. The zero-order chi connectivity index (χ0) is 44.1. The van der Waals surface area contributed by atoms with Gasteiger partial charge in [-0.15, -0.1) is 9.46 Å². The van der Waals surface area contributed by atoms with E-state index in [0.717, 1.165) is 45.2 Å². The van der Waals surface area contributed by atoms with Gasteiger partial charge in [0.1, 0.15) is 21.2 Å². The number of halogens is 1. The van der Waals surface area contributed by atoms with Crippen molar-refractivity contribution < 1.29 is 37.9 Å². The summed E-state index contributed by atoms with van der Waals surface area (Å²) in [6.45, 7) is 7.42. The zero-order valence-corrected chi connectivity index (χ0v) is 37.9. The minimum Gasteiger partial charge on any atom is -0.490 e. The third-order valence-corrected chi connectivity index (χ3v) is 16.4. The molecular formula is C46H58ClN7O8S. The summed E-state index contributed by atoms with van der Waals surface area (Å²) in [6.07, 6.45) is 9.69. The lowest BCUT2D eigenvalue weighted by Gasteiger charge is -2.50. The summed E-state index contributed by atoms with van der Waals surface area (Å²) in [4.78, 5) is 48.9. The normalized spacial score (nSPS) is 31.5. The quantitative estimate of drug-likeness (QED) is 0.338. The number of aliphatic hydroxyl groups is 1. The first kappa shape index (κ1) is 43.8. The van der Waals surface area contributed by atoms with Crippen LogP contribution in [0.1, 0.15) is 77.3 Å². The molecule has 7 atom stereocenters. The number of anilines is 1. The van der Waals surface area contributed by atoms with Crippen LogP contribution in [0.3, 0.4) is 0 Å². The highest BCUT2D eigenvalue weighted by molar-refractivity contribution is 7.92. The van der Waals surface area contributed by atoms with Crippen molar-refractivity contribution in [3.63, 3.8) is 0 Å². The number of hydrogen-bond donors (Lipinski definition) is 2. The van der Waals surface area contributed by atoms with E-state index in [-0.39, 0.29) is 58.9 Å². The number of carbonyl (C=O) groups is 3. The van der Waals surface area contributed by atoms with Gasteiger partial charge in [0.05, 0.1) is 56.4 Å². The van der Waals surface area contributed by atoms with Crippen LogP contribution in [0.5, 0.6) is 11.6 Å². The minimum atomic E-state index is -3.75. The molecule has 63 heavy (non-hydrogen) atoms. The smallest absolute Gasteiger partial charge is 0.286 e. The fraction of sp³-hybridized carbons (Fsp3) is 0.565. The molecule has 2 saturated heterocycles. The van der Waals surface area contributed by atoms with Gasteiger partial charge >= 0.3 is 0 Å². The molecule has 6 aliphatic rings. The second-order valence-electron chi connectivity index (χ2n) is 18.6. The molecule has 2 aliphatic carbocycles. The van der Waals surface area contributed by atoms with Crippen LogP contribution in [0.15, 0.2) is 59.1 Å². The van der Waals surface area contributed by atoms with Gasteiger partial charge < -0.3 is 29.1 Å². The van der Waals surface area contributed by atoms with E-state index < -0.39 is 32.7 Å². The number of hydrogen-bond acceptors (Lipinski definition) is 11. The van der Waals surface area contributed by atoms with E-state index in [2.05, 4.69) is 36.1 Å². The summed E-state index contributed by atoms with van der Waals surface area (Å²) in [5, 5.41) is 17.8. The van der Waals surface area contributed by atoms with Crippen LogP contribution >= 0.6 is 11.6 Å². The molecule has 1 spiro atoms. The summed E-state index contributed by atoms with van der Waals surface area (Å²) in [5.74, 6) is -1.69. The molecule has 3 amide bonds. The van der Waals surface area contributed by atoms with Gasteiger partial charge in [0.2, 0.25) is 11.8 Å². The molecule has 2 N–H and O–H groups in total. The topological polar surface area (TPSA) is 168 Å². The molecular weight excluding hydrogens is 846 g/mol. The van der Waals surface area contributed by atoms with Crippen molar-refractivity contribution in [2.45, 2.75) is 68.9 Å². The number of nitrogens with zero attached hydrogens (tertiary/aromatic N) is 6. The van der Waals surface area contributed by atoms with Gasteiger partial charge in [-0.25, -0.2) is 4.21 Å². The van der Waals surface area contributed by atoms with E-state index in [0.29, 0.717) is 68.9 Å². The average molecular weight is 905 g/mol. The number of fused-ring (bicyclic) bond motifs is 5. The van der Waals surface area contributed by atoms with Crippen LogP contribution in [-0.4, -0.2) is 130 Å². The molecule has 4 aliphatic heterocycles. The number of aromatic nitrogens is 2.